The van der Waals surface area contributed by atoms with E-state index in [1.165, 1.54) is 0 Å². The van der Waals surface area contributed by atoms with Crippen LogP contribution in [-0.4, -0.2) is 6.54 Å². The molecule has 1 aliphatic carbocycles. The van der Waals surface area contributed by atoms with Crippen LogP contribution in [0.4, 0.5) is 5.69 Å². The lowest BCUT2D eigenvalue weighted by Crippen LogP contribution is -2.13. The van der Waals surface area contributed by atoms with Crippen molar-refractivity contribution in [3.8, 4) is 6.07 Å². The summed E-state index contributed by atoms with van der Waals surface area (Å²) in [5.41, 5.74) is 0.876. The number of anilines is 1. The maximum atomic E-state index is 8.87. The molecule has 72 valence electrons. The highest BCUT2D eigenvalue weighted by atomic mass is 35.5. The fourth-order valence-corrected chi connectivity index (χ4v) is 1.54. The maximum absolute atomic E-state index is 8.87. The molecule has 0 aromatic heterocycles. The fraction of sp³-hybridized carbons (Fsp3) is 0.364. The van der Waals surface area contributed by atoms with Crippen LogP contribution in [-0.2, 0) is 0 Å². The van der Waals surface area contributed by atoms with Crippen molar-refractivity contribution in [3.05, 3.63) is 29.3 Å². The molecule has 2 nitrogen and oxygen atoms in total. The summed E-state index contributed by atoms with van der Waals surface area (Å²) in [6.45, 7) is 0.726. The number of benzene rings is 1. The van der Waals surface area contributed by atoms with Crippen molar-refractivity contribution in [2.45, 2.75) is 12.8 Å². The molecule has 0 bridgehead atoms. The predicted molar refractivity (Wildman–Crippen MR) is 57.2 cm³/mol. The molecule has 2 rings (SSSR count). The quantitative estimate of drug-likeness (QED) is 0.825. The molecular formula is C11H11ClN2. The SMILES string of the molecule is N#CC1(CNc2cccc(Cl)c2)CC1. The maximum Gasteiger partial charge on any atom is 0.0747 e. The number of nitrogens with zero attached hydrogens (tertiary/aromatic N) is 1. The van der Waals surface area contributed by atoms with E-state index in [1.54, 1.807) is 0 Å². The van der Waals surface area contributed by atoms with Crippen molar-refractivity contribution in [1.82, 2.24) is 0 Å². The molecule has 0 saturated heterocycles. The minimum absolute atomic E-state index is 0.109. The van der Waals surface area contributed by atoms with Gasteiger partial charge < -0.3 is 5.32 Å². The Morgan fingerprint density at radius 2 is 2.29 bits per heavy atom. The second-order valence-corrected chi connectivity index (χ2v) is 4.19. The van der Waals surface area contributed by atoms with Gasteiger partial charge in [-0.3, -0.25) is 0 Å². The van der Waals surface area contributed by atoms with Crippen LogP contribution >= 0.6 is 11.6 Å². The van der Waals surface area contributed by atoms with Crippen LogP contribution in [0.25, 0.3) is 0 Å². The van der Waals surface area contributed by atoms with E-state index in [1.807, 2.05) is 24.3 Å². The molecule has 1 aromatic rings. The van der Waals surface area contributed by atoms with Crippen LogP contribution in [0.1, 0.15) is 12.8 Å². The summed E-state index contributed by atoms with van der Waals surface area (Å²) in [6.07, 6.45) is 2.02. The summed E-state index contributed by atoms with van der Waals surface area (Å²) in [5, 5.41) is 12.8. The fourth-order valence-electron chi connectivity index (χ4n) is 1.35. The van der Waals surface area contributed by atoms with Crippen LogP contribution in [0.15, 0.2) is 24.3 Å². The lowest BCUT2D eigenvalue weighted by Gasteiger charge is -2.09. The molecule has 1 aromatic carbocycles. The van der Waals surface area contributed by atoms with Gasteiger partial charge in [0.25, 0.3) is 0 Å². The Morgan fingerprint density at radius 1 is 1.50 bits per heavy atom. The molecule has 0 spiro atoms. The van der Waals surface area contributed by atoms with Crippen molar-refractivity contribution in [1.29, 1.82) is 5.26 Å². The van der Waals surface area contributed by atoms with Crippen molar-refractivity contribution in [3.63, 3.8) is 0 Å². The third kappa shape index (κ3) is 2.00. The number of hydrogen-bond donors (Lipinski definition) is 1. The van der Waals surface area contributed by atoms with Crippen LogP contribution in [0.5, 0.6) is 0 Å². The summed E-state index contributed by atoms with van der Waals surface area (Å²) >= 11 is 5.84. The molecule has 0 amide bonds. The van der Waals surface area contributed by atoms with Gasteiger partial charge in [-0.15, -0.1) is 0 Å². The lowest BCUT2D eigenvalue weighted by molar-refractivity contribution is 0.711. The van der Waals surface area contributed by atoms with Gasteiger partial charge in [-0.05, 0) is 31.0 Å². The van der Waals surface area contributed by atoms with Gasteiger partial charge >= 0.3 is 0 Å². The van der Waals surface area contributed by atoms with Crippen LogP contribution in [0.3, 0.4) is 0 Å². The van der Waals surface area contributed by atoms with E-state index in [0.717, 1.165) is 30.1 Å². The summed E-state index contributed by atoms with van der Waals surface area (Å²) in [5.74, 6) is 0. The second kappa shape index (κ2) is 3.51. The molecule has 1 N–H and O–H groups in total. The summed E-state index contributed by atoms with van der Waals surface area (Å²) < 4.78 is 0. The van der Waals surface area contributed by atoms with Gasteiger partial charge in [0, 0.05) is 17.3 Å². The third-order valence-electron chi connectivity index (χ3n) is 2.55. The highest BCUT2D eigenvalue weighted by Gasteiger charge is 2.42. The Morgan fingerprint density at radius 3 is 2.86 bits per heavy atom. The van der Waals surface area contributed by atoms with Crippen molar-refractivity contribution < 1.29 is 0 Å². The molecule has 1 saturated carbocycles. The smallest absolute Gasteiger partial charge is 0.0747 e. The average Bonchev–Trinajstić information content (AvgIpc) is 2.96. The van der Waals surface area contributed by atoms with Crippen LogP contribution in [0, 0.1) is 16.7 Å². The van der Waals surface area contributed by atoms with Crippen LogP contribution in [0.2, 0.25) is 5.02 Å². The summed E-state index contributed by atoms with van der Waals surface area (Å²) in [6, 6.07) is 9.91. The Labute approximate surface area is 88.5 Å². The first-order valence-corrected chi connectivity index (χ1v) is 5.03. The van der Waals surface area contributed by atoms with E-state index in [9.17, 15) is 0 Å². The Bertz CT molecular complexity index is 377. The molecule has 0 unspecified atom stereocenters. The molecule has 1 aliphatic rings. The van der Waals surface area contributed by atoms with E-state index in [0.29, 0.717) is 0 Å². The zero-order valence-corrected chi connectivity index (χ0v) is 8.51. The topological polar surface area (TPSA) is 35.8 Å². The predicted octanol–water partition coefficient (Wildman–Crippen LogP) is 3.06. The first-order chi connectivity index (χ1) is 6.74. The normalized spacial score (nSPS) is 17.1. The molecular weight excluding hydrogens is 196 g/mol. The molecule has 14 heavy (non-hydrogen) atoms. The molecule has 0 atom stereocenters. The van der Waals surface area contributed by atoms with Gasteiger partial charge in [0.1, 0.15) is 0 Å². The number of hydrogen-bond acceptors (Lipinski definition) is 2. The number of nitriles is 1. The zero-order chi connectivity index (χ0) is 10.0. The van der Waals surface area contributed by atoms with Crippen molar-refractivity contribution in [2.75, 3.05) is 11.9 Å². The van der Waals surface area contributed by atoms with E-state index in [4.69, 9.17) is 16.9 Å². The number of rotatable bonds is 3. The molecule has 1 fully saturated rings. The van der Waals surface area contributed by atoms with Crippen molar-refractivity contribution >= 4 is 17.3 Å². The van der Waals surface area contributed by atoms with Gasteiger partial charge in [-0.1, -0.05) is 17.7 Å². The molecule has 0 heterocycles. The summed E-state index contributed by atoms with van der Waals surface area (Å²) in [4.78, 5) is 0. The minimum atomic E-state index is -0.109. The zero-order valence-electron chi connectivity index (χ0n) is 7.76. The van der Waals surface area contributed by atoms with Gasteiger partial charge in [0.2, 0.25) is 0 Å². The number of nitrogens with one attached hydrogen (secondary N) is 1. The van der Waals surface area contributed by atoms with Crippen molar-refractivity contribution in [2.24, 2.45) is 5.41 Å². The van der Waals surface area contributed by atoms with Gasteiger partial charge in [0.05, 0.1) is 11.5 Å². The van der Waals surface area contributed by atoms with E-state index in [2.05, 4.69) is 11.4 Å². The standard InChI is InChI=1S/C11H11ClN2/c12-9-2-1-3-10(6-9)14-8-11(7-13)4-5-11/h1-3,6,14H,4-5,8H2. The summed E-state index contributed by atoms with van der Waals surface area (Å²) in [7, 11) is 0. The lowest BCUT2D eigenvalue weighted by atomic mass is 10.1. The number of halogens is 1. The van der Waals surface area contributed by atoms with E-state index >= 15 is 0 Å². The largest absolute Gasteiger partial charge is 0.383 e. The molecule has 0 aliphatic heterocycles. The van der Waals surface area contributed by atoms with E-state index in [-0.39, 0.29) is 5.41 Å². The first-order valence-electron chi connectivity index (χ1n) is 4.65. The highest BCUT2D eigenvalue weighted by molar-refractivity contribution is 6.30. The monoisotopic (exact) mass is 206 g/mol. The first kappa shape index (κ1) is 9.36. The van der Waals surface area contributed by atoms with E-state index < -0.39 is 0 Å². The highest BCUT2D eigenvalue weighted by Crippen LogP contribution is 2.44. The molecule has 0 radical (unpaired) electrons. The second-order valence-electron chi connectivity index (χ2n) is 3.76. The molecule has 3 heteroatoms. The minimum Gasteiger partial charge on any atom is -0.383 e. The Balaban J connectivity index is 1.96. The Hall–Kier alpha value is -1.20. The van der Waals surface area contributed by atoms with Gasteiger partial charge in [-0.2, -0.15) is 5.26 Å². The van der Waals surface area contributed by atoms with Gasteiger partial charge in [0.15, 0.2) is 0 Å². The van der Waals surface area contributed by atoms with Gasteiger partial charge in [-0.25, -0.2) is 0 Å². The third-order valence-corrected chi connectivity index (χ3v) is 2.78. The van der Waals surface area contributed by atoms with Crippen LogP contribution < -0.4 is 5.32 Å². The Kier molecular flexibility index (Phi) is 2.35. The average molecular weight is 207 g/mol.